The topological polar surface area (TPSA) is 72.4 Å². The third kappa shape index (κ3) is 2.55. The summed E-state index contributed by atoms with van der Waals surface area (Å²) >= 11 is 0. The van der Waals surface area contributed by atoms with E-state index >= 15 is 0 Å². The van der Waals surface area contributed by atoms with Gasteiger partial charge in [0.05, 0.1) is 0 Å². The van der Waals surface area contributed by atoms with E-state index in [0.29, 0.717) is 24.3 Å². The smallest absolute Gasteiger partial charge is 0.287 e. The first kappa shape index (κ1) is 13.5. The van der Waals surface area contributed by atoms with Crippen LogP contribution in [0.15, 0.2) is 59.1 Å². The van der Waals surface area contributed by atoms with Crippen LogP contribution >= 0.6 is 0 Å². The Balaban J connectivity index is 1.43. The van der Waals surface area contributed by atoms with Crippen LogP contribution in [0, 0.1) is 0 Å². The lowest BCUT2D eigenvalue weighted by Crippen LogP contribution is -2.25. The lowest BCUT2D eigenvalue weighted by Gasteiger charge is -2.02. The molecule has 23 heavy (non-hydrogen) atoms. The second-order valence-corrected chi connectivity index (χ2v) is 5.20. The van der Waals surface area contributed by atoms with Gasteiger partial charge in [0.15, 0.2) is 11.4 Å². The zero-order chi connectivity index (χ0) is 15.6. The van der Waals surface area contributed by atoms with Gasteiger partial charge in [-0.1, -0.05) is 24.3 Å². The van der Waals surface area contributed by atoms with E-state index in [1.165, 1.54) is 0 Å². The molecule has 0 aliphatic heterocycles. The van der Waals surface area contributed by atoms with Crippen molar-refractivity contribution in [2.75, 3.05) is 6.54 Å². The molecule has 0 radical (unpaired) electrons. The monoisotopic (exact) mass is 306 g/mol. The summed E-state index contributed by atoms with van der Waals surface area (Å²) in [7, 11) is 0. The maximum atomic E-state index is 12.2. The van der Waals surface area contributed by atoms with Gasteiger partial charge in [-0.15, -0.1) is 10.2 Å². The molecule has 4 rings (SSSR count). The van der Waals surface area contributed by atoms with Gasteiger partial charge in [0.1, 0.15) is 11.4 Å². The molecule has 0 aliphatic rings. The van der Waals surface area contributed by atoms with E-state index in [4.69, 9.17) is 4.42 Å². The van der Waals surface area contributed by atoms with Crippen molar-refractivity contribution in [1.29, 1.82) is 0 Å². The maximum Gasteiger partial charge on any atom is 0.287 e. The number of rotatable bonds is 4. The number of nitrogens with one attached hydrogen (secondary N) is 1. The molecule has 4 aromatic rings. The van der Waals surface area contributed by atoms with Crippen molar-refractivity contribution in [3.05, 3.63) is 66.3 Å². The Labute approximate surface area is 131 Å². The van der Waals surface area contributed by atoms with E-state index in [-0.39, 0.29) is 5.91 Å². The highest BCUT2D eigenvalue weighted by molar-refractivity contribution is 5.96. The van der Waals surface area contributed by atoms with Crippen LogP contribution in [-0.2, 0) is 6.42 Å². The maximum absolute atomic E-state index is 12.2. The lowest BCUT2D eigenvalue weighted by molar-refractivity contribution is 0.0928. The Morgan fingerprint density at radius 3 is 2.91 bits per heavy atom. The number of benzene rings is 1. The van der Waals surface area contributed by atoms with Gasteiger partial charge in [-0.2, -0.15) is 0 Å². The molecule has 3 heterocycles. The van der Waals surface area contributed by atoms with Crippen molar-refractivity contribution in [2.24, 2.45) is 0 Å². The van der Waals surface area contributed by atoms with Crippen LogP contribution in [0.1, 0.15) is 16.4 Å². The minimum atomic E-state index is -0.227. The number of para-hydroxylation sites is 1. The molecule has 0 spiro atoms. The van der Waals surface area contributed by atoms with Crippen LogP contribution in [0.4, 0.5) is 0 Å². The van der Waals surface area contributed by atoms with Gasteiger partial charge in [-0.25, -0.2) is 0 Å². The van der Waals surface area contributed by atoms with Crippen LogP contribution in [0.25, 0.3) is 16.6 Å². The Morgan fingerprint density at radius 2 is 2.00 bits per heavy atom. The number of hydrogen-bond donors (Lipinski definition) is 1. The van der Waals surface area contributed by atoms with Crippen LogP contribution in [-0.4, -0.2) is 27.0 Å². The van der Waals surface area contributed by atoms with Gasteiger partial charge >= 0.3 is 0 Å². The number of fused-ring (bicyclic) bond motifs is 2. The van der Waals surface area contributed by atoms with E-state index < -0.39 is 0 Å². The average molecular weight is 306 g/mol. The summed E-state index contributed by atoms with van der Waals surface area (Å²) in [5.41, 5.74) is 1.51. The number of nitrogens with zero attached hydrogens (tertiary/aromatic N) is 3. The normalized spacial score (nSPS) is 11.1. The molecule has 0 atom stereocenters. The summed E-state index contributed by atoms with van der Waals surface area (Å²) in [6.45, 7) is 0.464. The second-order valence-electron chi connectivity index (χ2n) is 5.20. The van der Waals surface area contributed by atoms with Crippen molar-refractivity contribution in [3.63, 3.8) is 0 Å². The van der Waals surface area contributed by atoms with E-state index in [1.807, 2.05) is 53.1 Å². The Bertz CT molecular complexity index is 953. The summed E-state index contributed by atoms with van der Waals surface area (Å²) in [4.78, 5) is 12.2. The predicted molar refractivity (Wildman–Crippen MR) is 85.2 cm³/mol. The van der Waals surface area contributed by atoms with Gasteiger partial charge in [0.25, 0.3) is 5.91 Å². The molecule has 0 saturated carbocycles. The predicted octanol–water partition coefficient (Wildman–Crippen LogP) is 2.45. The molecule has 1 amide bonds. The van der Waals surface area contributed by atoms with E-state index in [0.717, 1.165) is 16.9 Å². The summed E-state index contributed by atoms with van der Waals surface area (Å²) in [5.74, 6) is 0.901. The van der Waals surface area contributed by atoms with E-state index in [1.54, 1.807) is 6.07 Å². The molecule has 114 valence electrons. The van der Waals surface area contributed by atoms with Gasteiger partial charge in [-0.3, -0.25) is 9.20 Å². The standard InChI is InChI=1S/C17H14N4O2/c22-17(14-11-12-5-1-2-6-13(12)23-14)18-9-8-16-20-19-15-7-3-4-10-21(15)16/h1-7,10-11H,8-9H2,(H,18,22). The summed E-state index contributed by atoms with van der Waals surface area (Å²) in [6.07, 6.45) is 2.50. The highest BCUT2D eigenvalue weighted by atomic mass is 16.3. The summed E-state index contributed by atoms with van der Waals surface area (Å²) in [5, 5.41) is 12.0. The first-order valence-electron chi connectivity index (χ1n) is 7.37. The Hall–Kier alpha value is -3.15. The lowest BCUT2D eigenvalue weighted by atomic mass is 10.2. The van der Waals surface area contributed by atoms with Gasteiger partial charge in [0.2, 0.25) is 0 Å². The van der Waals surface area contributed by atoms with E-state index in [2.05, 4.69) is 15.5 Å². The zero-order valence-electron chi connectivity index (χ0n) is 12.3. The van der Waals surface area contributed by atoms with Crippen LogP contribution < -0.4 is 5.32 Å². The van der Waals surface area contributed by atoms with Crippen molar-refractivity contribution >= 4 is 22.5 Å². The largest absolute Gasteiger partial charge is 0.451 e. The molecule has 0 bridgehead atoms. The number of amides is 1. The molecule has 1 aromatic carbocycles. The summed E-state index contributed by atoms with van der Waals surface area (Å²) < 4.78 is 7.45. The Morgan fingerprint density at radius 1 is 1.13 bits per heavy atom. The molecule has 6 heteroatoms. The fraction of sp³-hybridized carbons (Fsp3) is 0.118. The molecule has 6 nitrogen and oxygen atoms in total. The molecule has 0 aliphatic carbocycles. The third-order valence-corrected chi connectivity index (χ3v) is 3.67. The molecule has 1 N–H and O–H groups in total. The third-order valence-electron chi connectivity index (χ3n) is 3.67. The number of furan rings is 1. The van der Waals surface area contributed by atoms with Crippen molar-refractivity contribution in [2.45, 2.75) is 6.42 Å². The van der Waals surface area contributed by atoms with Crippen LogP contribution in [0.2, 0.25) is 0 Å². The molecular weight excluding hydrogens is 292 g/mol. The highest BCUT2D eigenvalue weighted by Gasteiger charge is 2.12. The number of carbonyl (C=O) groups excluding carboxylic acids is 1. The molecule has 3 aromatic heterocycles. The number of aromatic nitrogens is 3. The minimum absolute atomic E-state index is 0.227. The average Bonchev–Trinajstić information content (AvgIpc) is 3.19. The minimum Gasteiger partial charge on any atom is -0.451 e. The van der Waals surface area contributed by atoms with Crippen molar-refractivity contribution in [1.82, 2.24) is 19.9 Å². The molecule has 0 fully saturated rings. The van der Waals surface area contributed by atoms with E-state index in [9.17, 15) is 4.79 Å². The zero-order valence-corrected chi connectivity index (χ0v) is 12.3. The SMILES string of the molecule is O=C(NCCc1nnc2ccccn12)c1cc2ccccc2o1. The summed E-state index contributed by atoms with van der Waals surface area (Å²) in [6, 6.07) is 15.0. The fourth-order valence-electron chi connectivity index (χ4n) is 2.53. The first-order valence-corrected chi connectivity index (χ1v) is 7.37. The number of hydrogen-bond acceptors (Lipinski definition) is 4. The number of pyridine rings is 1. The van der Waals surface area contributed by atoms with Gasteiger partial charge < -0.3 is 9.73 Å². The quantitative estimate of drug-likeness (QED) is 0.628. The Kier molecular flexibility index (Phi) is 3.27. The van der Waals surface area contributed by atoms with Crippen molar-refractivity contribution in [3.8, 4) is 0 Å². The van der Waals surface area contributed by atoms with Gasteiger partial charge in [-0.05, 0) is 24.3 Å². The molecule has 0 saturated heterocycles. The van der Waals surface area contributed by atoms with Crippen LogP contribution in [0.5, 0.6) is 0 Å². The first-order chi connectivity index (χ1) is 11.3. The van der Waals surface area contributed by atoms with Crippen molar-refractivity contribution < 1.29 is 9.21 Å². The van der Waals surface area contributed by atoms with Crippen LogP contribution in [0.3, 0.4) is 0 Å². The van der Waals surface area contributed by atoms with Gasteiger partial charge in [0, 0.05) is 24.5 Å². The molecular formula is C17H14N4O2. The number of carbonyl (C=O) groups is 1. The second kappa shape index (κ2) is 5.57. The highest BCUT2D eigenvalue weighted by Crippen LogP contribution is 2.18. The molecule has 0 unspecified atom stereocenters. The fourth-order valence-corrected chi connectivity index (χ4v) is 2.53.